The summed E-state index contributed by atoms with van der Waals surface area (Å²) in [6.07, 6.45) is 4.10. The number of amides is 3. The third kappa shape index (κ3) is 11.0. The number of pyridine rings is 1. The zero-order chi connectivity index (χ0) is 47.8. The molecule has 2 fully saturated rings. The van der Waals surface area contributed by atoms with Crippen LogP contribution in [-0.4, -0.2) is 106 Å². The van der Waals surface area contributed by atoms with Gasteiger partial charge in [-0.1, -0.05) is 53.7 Å². The largest absolute Gasteiger partial charge is 0.508 e. The first-order chi connectivity index (χ1) is 31.0. The molecule has 352 valence electrons. The van der Waals surface area contributed by atoms with E-state index in [1.54, 1.807) is 39.3 Å². The van der Waals surface area contributed by atoms with Gasteiger partial charge in [0.15, 0.2) is 0 Å². The quantitative estimate of drug-likeness (QED) is 0.0556. The lowest BCUT2D eigenvalue weighted by Crippen LogP contribution is -2.60. The fraction of sp³-hybridized carbons (Fsp3) is 0.520. The number of aliphatic carboxylic acids is 1. The Bertz CT molecular complexity index is 2350. The summed E-state index contributed by atoms with van der Waals surface area (Å²) >= 11 is 0. The summed E-state index contributed by atoms with van der Waals surface area (Å²) in [5, 5.41) is 26.5. The maximum Gasteiger partial charge on any atom is 0.319 e. The van der Waals surface area contributed by atoms with E-state index in [1.807, 2.05) is 45.0 Å². The number of hydrogen-bond donors (Lipinski definition) is 4. The van der Waals surface area contributed by atoms with Crippen LogP contribution in [0.2, 0.25) is 0 Å². The Kier molecular flexibility index (Phi) is 16.6. The minimum Gasteiger partial charge on any atom is -0.508 e. The van der Waals surface area contributed by atoms with Crippen LogP contribution in [0.5, 0.6) is 5.75 Å². The zero-order valence-electron chi connectivity index (χ0n) is 39.7. The van der Waals surface area contributed by atoms with E-state index in [4.69, 9.17) is 14.5 Å². The molecule has 3 heterocycles. The van der Waals surface area contributed by atoms with Crippen molar-refractivity contribution in [3.63, 3.8) is 0 Å². The number of aromatic nitrogens is 2. The summed E-state index contributed by atoms with van der Waals surface area (Å²) in [4.78, 5) is 71.3. The molecule has 4 N–H and O–H groups in total. The molecule has 0 spiro atoms. The van der Waals surface area contributed by atoms with E-state index in [-0.39, 0.29) is 43.6 Å². The third-order valence-corrected chi connectivity index (χ3v) is 12.5. The predicted octanol–water partition coefficient (Wildman–Crippen LogP) is 7.07. The normalized spacial score (nSPS) is 15.9. The molecule has 3 unspecified atom stereocenters. The second-order valence-electron chi connectivity index (χ2n) is 18.1. The number of hydrazine groups is 1. The second-order valence-corrected chi connectivity index (χ2v) is 18.1. The molecule has 1 aliphatic heterocycles. The standard InChI is InChI=1S/C48H62N6O9.C2H6/c1-9-53-39-15-14-32(25-36(39)37(26-47(5,6)27-63-28-55)42(53)35-13-12-18-49-40(35)30(4)62-8)33-21-31(22-34(56)24-33)23-38(44(58)54-20-11-10-19-50-54)51-43(57)41(29(2)3)52(7)45(59)48(16-17-48)46(60)61;1-2/h12-15,18,21-22,24-25,28-30,38,41,50,56H,9-11,16-17,19-20,23,26-27H2,1-8H3,(H,51,57)(H,60,61);1-2H3. The molecule has 15 heteroatoms. The third-order valence-electron chi connectivity index (χ3n) is 12.5. The molecule has 15 nitrogen and oxygen atoms in total. The Morgan fingerprint density at radius 1 is 1.05 bits per heavy atom. The van der Waals surface area contributed by atoms with Crippen LogP contribution in [0, 0.1) is 16.7 Å². The van der Waals surface area contributed by atoms with Gasteiger partial charge in [-0.05, 0) is 111 Å². The Hall–Kier alpha value is -5.80. The van der Waals surface area contributed by atoms with Gasteiger partial charge in [-0.15, -0.1) is 0 Å². The number of ether oxygens (including phenoxy) is 2. The van der Waals surface area contributed by atoms with Gasteiger partial charge in [0.25, 0.3) is 12.4 Å². The smallest absolute Gasteiger partial charge is 0.319 e. The number of hydrogen-bond acceptors (Lipinski definition) is 10. The van der Waals surface area contributed by atoms with Gasteiger partial charge in [-0.2, -0.15) is 0 Å². The summed E-state index contributed by atoms with van der Waals surface area (Å²) in [6, 6.07) is 13.1. The van der Waals surface area contributed by atoms with E-state index in [9.17, 15) is 34.2 Å². The zero-order valence-corrected chi connectivity index (χ0v) is 39.7. The van der Waals surface area contributed by atoms with Crippen molar-refractivity contribution in [3.05, 3.63) is 71.5 Å². The fourth-order valence-electron chi connectivity index (χ4n) is 9.01. The number of methoxy groups -OCH3 is 1. The van der Waals surface area contributed by atoms with Crippen molar-refractivity contribution < 1.29 is 43.7 Å². The maximum atomic E-state index is 14.2. The minimum atomic E-state index is -1.54. The molecule has 2 aromatic carbocycles. The average molecular weight is 897 g/mol. The molecule has 65 heavy (non-hydrogen) atoms. The van der Waals surface area contributed by atoms with E-state index < -0.39 is 46.6 Å². The molecule has 6 rings (SSSR count). The molecule has 4 aromatic rings. The van der Waals surface area contributed by atoms with E-state index in [2.05, 4.69) is 48.2 Å². The Morgan fingerprint density at radius 3 is 2.37 bits per heavy atom. The van der Waals surface area contributed by atoms with Crippen molar-refractivity contribution >= 4 is 41.1 Å². The van der Waals surface area contributed by atoms with Gasteiger partial charge in [-0.3, -0.25) is 34.0 Å². The molecule has 1 saturated heterocycles. The number of rotatable bonds is 19. The molecule has 2 aliphatic rings. The van der Waals surface area contributed by atoms with E-state index >= 15 is 0 Å². The van der Waals surface area contributed by atoms with Gasteiger partial charge >= 0.3 is 5.97 Å². The predicted molar refractivity (Wildman–Crippen MR) is 249 cm³/mol. The van der Waals surface area contributed by atoms with Crippen molar-refractivity contribution in [2.24, 2.45) is 16.7 Å². The van der Waals surface area contributed by atoms with Crippen LogP contribution in [0.25, 0.3) is 33.3 Å². The molecule has 3 amide bonds. The van der Waals surface area contributed by atoms with Gasteiger partial charge in [0.1, 0.15) is 23.2 Å². The van der Waals surface area contributed by atoms with Gasteiger partial charge < -0.3 is 34.5 Å². The van der Waals surface area contributed by atoms with Crippen molar-refractivity contribution in [2.75, 3.05) is 33.9 Å². The monoisotopic (exact) mass is 897 g/mol. The van der Waals surface area contributed by atoms with Crippen LogP contribution in [-0.2, 0) is 52.8 Å². The van der Waals surface area contributed by atoms with Crippen LogP contribution in [0.15, 0.2) is 54.7 Å². The number of carbonyl (C=O) groups is 5. The highest BCUT2D eigenvalue weighted by molar-refractivity contribution is 6.06. The molecular formula is C50H68N6O9. The first-order valence-corrected chi connectivity index (χ1v) is 22.8. The molecule has 0 radical (unpaired) electrons. The van der Waals surface area contributed by atoms with Gasteiger partial charge in [0.05, 0.1) is 24.1 Å². The summed E-state index contributed by atoms with van der Waals surface area (Å²) in [7, 11) is 3.10. The molecule has 2 aromatic heterocycles. The van der Waals surface area contributed by atoms with Crippen molar-refractivity contribution in [1.29, 1.82) is 0 Å². The number of carbonyl (C=O) groups excluding carboxylic acids is 4. The van der Waals surface area contributed by atoms with Crippen LogP contribution >= 0.6 is 0 Å². The molecule has 1 saturated carbocycles. The number of aryl methyl sites for hydroxylation is 1. The lowest BCUT2D eigenvalue weighted by Gasteiger charge is -2.35. The number of carboxylic acid groups (broad SMARTS) is 1. The van der Waals surface area contributed by atoms with Gasteiger partial charge in [0, 0.05) is 68.3 Å². The summed E-state index contributed by atoms with van der Waals surface area (Å²) in [5.74, 6) is -3.22. The molecule has 0 bridgehead atoms. The Morgan fingerprint density at radius 2 is 1.77 bits per heavy atom. The Balaban J connectivity index is 0.00000391. The van der Waals surface area contributed by atoms with Crippen molar-refractivity contribution in [3.8, 4) is 28.1 Å². The number of nitrogens with zero attached hydrogens (tertiary/aromatic N) is 4. The number of fused-ring (bicyclic) bond motifs is 1. The number of carboxylic acids is 1. The number of phenols is 1. The van der Waals surface area contributed by atoms with Crippen molar-refractivity contribution in [1.82, 2.24) is 30.2 Å². The highest BCUT2D eigenvalue weighted by Gasteiger charge is 2.59. The van der Waals surface area contributed by atoms with Gasteiger partial charge in [0.2, 0.25) is 11.8 Å². The van der Waals surface area contributed by atoms with E-state index in [0.29, 0.717) is 43.7 Å². The number of benzene rings is 2. The maximum absolute atomic E-state index is 14.2. The summed E-state index contributed by atoms with van der Waals surface area (Å²) < 4.78 is 13.3. The minimum absolute atomic E-state index is 0.0158. The van der Waals surface area contributed by atoms with E-state index in [1.165, 1.54) is 17.0 Å². The number of aromatic hydroxyl groups is 1. The first-order valence-electron chi connectivity index (χ1n) is 22.8. The molecule has 1 aliphatic carbocycles. The topological polar surface area (TPSA) is 193 Å². The SMILES string of the molecule is CC.CCn1c(-c2cccnc2C(C)OC)c(CC(C)(C)COC=O)c2cc(-c3cc(O)cc(CC(NC(=O)C(C(C)C)N(C)C(=O)C4(C(=O)O)CC4)C(=O)N4CCCCN4)c3)ccc21. The van der Waals surface area contributed by atoms with Crippen molar-refractivity contribution in [2.45, 2.75) is 119 Å². The molecule has 3 atom stereocenters. The van der Waals surface area contributed by atoms with Crippen LogP contribution in [0.3, 0.4) is 0 Å². The highest BCUT2D eigenvalue weighted by atomic mass is 16.5. The van der Waals surface area contributed by atoms with Gasteiger partial charge in [-0.25, -0.2) is 5.43 Å². The lowest BCUT2D eigenvalue weighted by molar-refractivity contribution is -0.156. The molecular weight excluding hydrogens is 829 g/mol. The average Bonchev–Trinajstić information content (AvgIpc) is 4.06. The Labute approximate surface area is 382 Å². The summed E-state index contributed by atoms with van der Waals surface area (Å²) in [6.45, 7) is 18.1. The first kappa shape index (κ1) is 50.2. The summed E-state index contributed by atoms with van der Waals surface area (Å²) in [5.41, 5.74) is 7.95. The lowest BCUT2D eigenvalue weighted by atomic mass is 9.84. The van der Waals surface area contributed by atoms with Crippen LogP contribution < -0.4 is 10.7 Å². The number of phenolic OH excluding ortho intramolecular Hbond substituents is 1. The highest BCUT2D eigenvalue weighted by Crippen LogP contribution is 2.48. The van der Waals surface area contributed by atoms with Crippen LogP contribution in [0.4, 0.5) is 0 Å². The second kappa shape index (κ2) is 21.5. The number of likely N-dealkylation sites (N-methyl/N-ethyl adjacent to an activating group) is 1. The van der Waals surface area contributed by atoms with E-state index in [0.717, 1.165) is 51.8 Å². The van der Waals surface area contributed by atoms with Crippen LogP contribution in [0.1, 0.15) is 104 Å². The number of nitrogens with one attached hydrogen (secondary N) is 2. The fourth-order valence-corrected chi connectivity index (χ4v) is 9.01.